The number of unbranched alkanes of at least 4 members (excludes halogenated alkanes) is 1. The second-order valence-electron chi connectivity index (χ2n) is 4.19. The van der Waals surface area contributed by atoms with Crippen molar-refractivity contribution in [3.63, 3.8) is 0 Å². The highest BCUT2D eigenvalue weighted by atomic mass is 79.9. The van der Waals surface area contributed by atoms with Crippen LogP contribution in [0.3, 0.4) is 0 Å². The van der Waals surface area contributed by atoms with Gasteiger partial charge in [-0.3, -0.25) is 0 Å². The fraction of sp³-hybridized carbons (Fsp3) is 0.385. The fourth-order valence-corrected chi connectivity index (χ4v) is 2.65. The Hall–Kier alpha value is -0.800. The molecule has 2 aromatic rings. The Kier molecular flexibility index (Phi) is 3.66. The van der Waals surface area contributed by atoms with Gasteiger partial charge in [0.15, 0.2) is 0 Å². The number of nitrogens with two attached hydrogens (primary N) is 1. The molecule has 0 atom stereocenters. The first-order valence-electron chi connectivity index (χ1n) is 5.66. The smallest absolute Gasteiger partial charge is 0.0492 e. The number of hydrogen-bond acceptors (Lipinski definition) is 1. The Bertz CT molecular complexity index is 488. The fourth-order valence-electron chi connectivity index (χ4n) is 2.01. The zero-order chi connectivity index (χ0) is 11.5. The van der Waals surface area contributed by atoms with E-state index >= 15 is 0 Å². The summed E-state index contributed by atoms with van der Waals surface area (Å²) < 4.78 is 3.32. The maximum atomic E-state index is 5.50. The van der Waals surface area contributed by atoms with Crippen LogP contribution in [-0.4, -0.2) is 11.1 Å². The molecule has 86 valence electrons. The van der Waals surface area contributed by atoms with Gasteiger partial charge in [0.05, 0.1) is 0 Å². The standard InChI is InChI=1S/C13H17BrN2/c1-16-9-12(14)11-6-5-10(8-13(11)16)4-2-3-7-15/h5-6,8-9H,2-4,7,15H2,1H3. The van der Waals surface area contributed by atoms with E-state index in [1.54, 1.807) is 0 Å². The SMILES string of the molecule is Cn1cc(Br)c2ccc(CCCCN)cc21. The van der Waals surface area contributed by atoms with E-state index in [1.807, 2.05) is 0 Å². The van der Waals surface area contributed by atoms with Crippen molar-refractivity contribution in [1.82, 2.24) is 4.57 Å². The minimum absolute atomic E-state index is 0.790. The molecule has 0 bridgehead atoms. The lowest BCUT2D eigenvalue weighted by Gasteiger charge is -2.02. The predicted molar refractivity (Wildman–Crippen MR) is 72.6 cm³/mol. The number of benzene rings is 1. The maximum absolute atomic E-state index is 5.50. The van der Waals surface area contributed by atoms with E-state index in [4.69, 9.17) is 5.73 Å². The molecule has 0 amide bonds. The number of aryl methyl sites for hydroxylation is 2. The molecule has 0 spiro atoms. The number of fused-ring (bicyclic) bond motifs is 1. The average molecular weight is 281 g/mol. The lowest BCUT2D eigenvalue weighted by atomic mass is 10.1. The molecule has 2 rings (SSSR count). The lowest BCUT2D eigenvalue weighted by Crippen LogP contribution is -1.99. The summed E-state index contributed by atoms with van der Waals surface area (Å²) in [6.45, 7) is 0.790. The summed E-state index contributed by atoms with van der Waals surface area (Å²) in [5, 5.41) is 1.28. The van der Waals surface area contributed by atoms with E-state index in [9.17, 15) is 0 Å². The number of aromatic nitrogens is 1. The minimum Gasteiger partial charge on any atom is -0.349 e. The van der Waals surface area contributed by atoms with Crippen LogP contribution < -0.4 is 5.73 Å². The zero-order valence-electron chi connectivity index (χ0n) is 9.54. The topological polar surface area (TPSA) is 30.9 Å². The van der Waals surface area contributed by atoms with Gasteiger partial charge in [-0.2, -0.15) is 0 Å². The molecular weight excluding hydrogens is 264 g/mol. The summed E-state index contributed by atoms with van der Waals surface area (Å²) in [5.41, 5.74) is 8.19. The van der Waals surface area contributed by atoms with Crippen LogP contribution in [0.25, 0.3) is 10.9 Å². The molecule has 0 unspecified atom stereocenters. The van der Waals surface area contributed by atoms with Gasteiger partial charge >= 0.3 is 0 Å². The van der Waals surface area contributed by atoms with E-state index in [0.717, 1.165) is 19.4 Å². The molecule has 0 radical (unpaired) electrons. The van der Waals surface area contributed by atoms with Crippen molar-refractivity contribution in [3.05, 3.63) is 34.4 Å². The highest BCUT2D eigenvalue weighted by Gasteiger charge is 2.04. The van der Waals surface area contributed by atoms with Crippen molar-refractivity contribution in [2.24, 2.45) is 12.8 Å². The Morgan fingerprint density at radius 1 is 1.31 bits per heavy atom. The van der Waals surface area contributed by atoms with Gasteiger partial charge in [0, 0.05) is 28.6 Å². The van der Waals surface area contributed by atoms with Crippen LogP contribution in [0.1, 0.15) is 18.4 Å². The Labute approximate surface area is 105 Å². The van der Waals surface area contributed by atoms with E-state index in [-0.39, 0.29) is 0 Å². The van der Waals surface area contributed by atoms with Crippen LogP contribution in [0.5, 0.6) is 0 Å². The van der Waals surface area contributed by atoms with Crippen molar-refractivity contribution in [3.8, 4) is 0 Å². The average Bonchev–Trinajstić information content (AvgIpc) is 2.55. The predicted octanol–water partition coefficient (Wildman–Crippen LogP) is 3.22. The monoisotopic (exact) mass is 280 g/mol. The van der Waals surface area contributed by atoms with Gasteiger partial charge in [-0.25, -0.2) is 0 Å². The molecule has 3 heteroatoms. The number of hydrogen-bond donors (Lipinski definition) is 1. The van der Waals surface area contributed by atoms with Crippen molar-refractivity contribution >= 4 is 26.8 Å². The van der Waals surface area contributed by atoms with E-state index in [0.29, 0.717) is 0 Å². The van der Waals surface area contributed by atoms with Crippen molar-refractivity contribution in [1.29, 1.82) is 0 Å². The van der Waals surface area contributed by atoms with E-state index in [2.05, 4.69) is 51.9 Å². The third kappa shape index (κ3) is 2.30. The first kappa shape index (κ1) is 11.7. The number of nitrogens with zero attached hydrogens (tertiary/aromatic N) is 1. The first-order chi connectivity index (χ1) is 7.72. The van der Waals surface area contributed by atoms with Gasteiger partial charge in [-0.05, 0) is 53.4 Å². The molecule has 0 saturated heterocycles. The van der Waals surface area contributed by atoms with Crippen LogP contribution in [-0.2, 0) is 13.5 Å². The Balaban J connectivity index is 2.25. The van der Waals surface area contributed by atoms with Crippen molar-refractivity contribution in [2.45, 2.75) is 19.3 Å². The van der Waals surface area contributed by atoms with Gasteiger partial charge < -0.3 is 10.3 Å². The normalized spacial score (nSPS) is 11.2. The molecular formula is C13H17BrN2. The molecule has 1 aromatic heterocycles. The molecule has 0 aliphatic carbocycles. The lowest BCUT2D eigenvalue weighted by molar-refractivity contribution is 0.745. The van der Waals surface area contributed by atoms with Crippen LogP contribution in [0, 0.1) is 0 Å². The first-order valence-corrected chi connectivity index (χ1v) is 6.45. The molecule has 2 nitrogen and oxygen atoms in total. The van der Waals surface area contributed by atoms with Crippen molar-refractivity contribution in [2.75, 3.05) is 6.54 Å². The molecule has 1 aromatic carbocycles. The Morgan fingerprint density at radius 2 is 2.12 bits per heavy atom. The Morgan fingerprint density at radius 3 is 2.88 bits per heavy atom. The van der Waals surface area contributed by atoms with Gasteiger partial charge in [0.2, 0.25) is 0 Å². The van der Waals surface area contributed by atoms with E-state index < -0.39 is 0 Å². The highest BCUT2D eigenvalue weighted by molar-refractivity contribution is 9.10. The molecule has 2 N–H and O–H groups in total. The zero-order valence-corrected chi connectivity index (χ0v) is 11.1. The van der Waals surface area contributed by atoms with Crippen LogP contribution in [0.4, 0.5) is 0 Å². The third-order valence-electron chi connectivity index (χ3n) is 2.93. The summed E-state index contributed by atoms with van der Waals surface area (Å²) in [5.74, 6) is 0. The van der Waals surface area contributed by atoms with Crippen LogP contribution >= 0.6 is 15.9 Å². The van der Waals surface area contributed by atoms with Crippen LogP contribution in [0.15, 0.2) is 28.9 Å². The molecule has 0 aliphatic heterocycles. The molecule has 0 aliphatic rings. The number of halogens is 1. The number of rotatable bonds is 4. The second-order valence-corrected chi connectivity index (χ2v) is 5.04. The minimum atomic E-state index is 0.790. The molecule has 1 heterocycles. The summed E-state index contributed by atoms with van der Waals surface area (Å²) in [4.78, 5) is 0. The summed E-state index contributed by atoms with van der Waals surface area (Å²) in [7, 11) is 2.08. The van der Waals surface area contributed by atoms with Crippen molar-refractivity contribution < 1.29 is 0 Å². The van der Waals surface area contributed by atoms with E-state index in [1.165, 1.54) is 27.4 Å². The summed E-state index contributed by atoms with van der Waals surface area (Å²) in [6, 6.07) is 6.68. The van der Waals surface area contributed by atoms with Gasteiger partial charge in [-0.15, -0.1) is 0 Å². The van der Waals surface area contributed by atoms with Crippen LogP contribution in [0.2, 0.25) is 0 Å². The second kappa shape index (κ2) is 5.02. The van der Waals surface area contributed by atoms with Gasteiger partial charge in [0.25, 0.3) is 0 Å². The molecule has 0 fully saturated rings. The highest BCUT2D eigenvalue weighted by Crippen LogP contribution is 2.26. The quantitative estimate of drug-likeness (QED) is 0.857. The largest absolute Gasteiger partial charge is 0.349 e. The third-order valence-corrected chi connectivity index (χ3v) is 3.56. The molecule has 0 saturated carbocycles. The van der Waals surface area contributed by atoms with Gasteiger partial charge in [-0.1, -0.05) is 12.1 Å². The summed E-state index contributed by atoms with van der Waals surface area (Å²) in [6.07, 6.45) is 5.51. The maximum Gasteiger partial charge on any atom is 0.0492 e. The summed E-state index contributed by atoms with van der Waals surface area (Å²) >= 11 is 3.57. The van der Waals surface area contributed by atoms with Gasteiger partial charge in [0.1, 0.15) is 0 Å². The molecule has 16 heavy (non-hydrogen) atoms.